The third kappa shape index (κ3) is 3.54. The Bertz CT molecular complexity index is 444. The van der Waals surface area contributed by atoms with E-state index in [9.17, 15) is 14.7 Å². The number of hydrogen-bond acceptors (Lipinski definition) is 4. The number of aliphatic carboxylic acids is 1. The molecule has 1 heterocycles. The van der Waals surface area contributed by atoms with Gasteiger partial charge in [-0.25, -0.2) is 9.59 Å². The van der Waals surface area contributed by atoms with Gasteiger partial charge in [0.15, 0.2) is 0 Å². The van der Waals surface area contributed by atoms with Crippen molar-refractivity contribution in [2.45, 2.75) is 77.0 Å². The highest BCUT2D eigenvalue weighted by Crippen LogP contribution is 2.62. The maximum absolute atomic E-state index is 12.3. The second-order valence-electron chi connectivity index (χ2n) is 7.56. The fourth-order valence-electron chi connectivity index (χ4n) is 3.55. The van der Waals surface area contributed by atoms with E-state index in [4.69, 9.17) is 9.84 Å². The van der Waals surface area contributed by atoms with E-state index in [1.165, 1.54) is 4.90 Å². The lowest BCUT2D eigenvalue weighted by molar-refractivity contribution is -0.142. The van der Waals surface area contributed by atoms with Crippen molar-refractivity contribution >= 4 is 12.1 Å². The van der Waals surface area contributed by atoms with Gasteiger partial charge in [0.2, 0.25) is 0 Å². The van der Waals surface area contributed by atoms with E-state index in [0.29, 0.717) is 6.42 Å². The first kappa shape index (κ1) is 17.1. The molecular formula is C16H27NO5. The van der Waals surface area contributed by atoms with E-state index >= 15 is 0 Å². The highest BCUT2D eigenvalue weighted by Gasteiger charge is 2.67. The van der Waals surface area contributed by atoms with Crippen molar-refractivity contribution in [1.82, 2.24) is 4.90 Å². The predicted octanol–water partition coefficient (Wildman–Crippen LogP) is 2.39. The van der Waals surface area contributed by atoms with Gasteiger partial charge in [-0.1, -0.05) is 12.8 Å². The van der Waals surface area contributed by atoms with Crippen molar-refractivity contribution in [1.29, 1.82) is 0 Å². The summed E-state index contributed by atoms with van der Waals surface area (Å²) in [4.78, 5) is 25.3. The average Bonchev–Trinajstić information content (AvgIpc) is 2.97. The van der Waals surface area contributed by atoms with Gasteiger partial charge in [0.1, 0.15) is 11.6 Å². The van der Waals surface area contributed by atoms with E-state index in [1.807, 2.05) is 0 Å². The van der Waals surface area contributed by atoms with E-state index in [1.54, 1.807) is 20.8 Å². The molecule has 3 atom stereocenters. The SMILES string of the molecule is CC(C)(C)OC(=O)N1C2C[C@]2(CCCCCO)C[C@H]1C(=O)O. The minimum absolute atomic E-state index is 0.00224. The number of unbranched alkanes of at least 4 members (excludes halogenated alkanes) is 2. The van der Waals surface area contributed by atoms with Gasteiger partial charge in [-0.15, -0.1) is 0 Å². The van der Waals surface area contributed by atoms with Crippen molar-refractivity contribution in [3.63, 3.8) is 0 Å². The molecule has 2 fully saturated rings. The zero-order chi connectivity index (χ0) is 16.5. The molecule has 2 aliphatic rings. The van der Waals surface area contributed by atoms with Crippen LogP contribution in [0, 0.1) is 5.41 Å². The topological polar surface area (TPSA) is 87.1 Å². The predicted molar refractivity (Wildman–Crippen MR) is 80.5 cm³/mol. The van der Waals surface area contributed by atoms with Crippen LogP contribution in [0.3, 0.4) is 0 Å². The zero-order valence-corrected chi connectivity index (χ0v) is 13.7. The standard InChI is InChI=1S/C16H27NO5/c1-15(2,3)22-14(21)17-11(13(19)20)9-16(10-12(16)17)7-5-4-6-8-18/h11-12,18H,4-10H2,1-3H3,(H,19,20)/t11-,12?,16-/m0/s1. The van der Waals surface area contributed by atoms with E-state index in [2.05, 4.69) is 0 Å². The fraction of sp³-hybridized carbons (Fsp3) is 0.875. The molecule has 0 spiro atoms. The number of carboxylic acids is 1. The molecule has 6 nitrogen and oxygen atoms in total. The number of nitrogens with zero attached hydrogens (tertiary/aromatic N) is 1. The molecule has 22 heavy (non-hydrogen) atoms. The number of fused-ring (bicyclic) bond motifs is 1. The molecular weight excluding hydrogens is 286 g/mol. The Balaban J connectivity index is 2.01. The second kappa shape index (κ2) is 6.07. The van der Waals surface area contributed by atoms with Gasteiger partial charge < -0.3 is 14.9 Å². The maximum atomic E-state index is 12.3. The summed E-state index contributed by atoms with van der Waals surface area (Å²) < 4.78 is 5.38. The lowest BCUT2D eigenvalue weighted by Crippen LogP contribution is -2.45. The van der Waals surface area contributed by atoms with Crippen LogP contribution in [0.1, 0.15) is 59.3 Å². The van der Waals surface area contributed by atoms with Crippen LogP contribution in [0.15, 0.2) is 0 Å². The Morgan fingerprint density at radius 3 is 2.45 bits per heavy atom. The van der Waals surface area contributed by atoms with Gasteiger partial charge in [-0.3, -0.25) is 4.90 Å². The highest BCUT2D eigenvalue weighted by atomic mass is 16.6. The molecule has 0 radical (unpaired) electrons. The summed E-state index contributed by atoms with van der Waals surface area (Å²) in [5, 5.41) is 18.2. The van der Waals surface area contributed by atoms with Crippen LogP contribution in [-0.4, -0.2) is 51.5 Å². The maximum Gasteiger partial charge on any atom is 0.411 e. The number of ether oxygens (including phenoxy) is 1. The van der Waals surface area contributed by atoms with Gasteiger partial charge in [0.05, 0.1) is 0 Å². The number of carboxylic acid groups (broad SMARTS) is 1. The summed E-state index contributed by atoms with van der Waals surface area (Å²) in [6.45, 7) is 5.54. The number of piperidine rings is 1. The second-order valence-corrected chi connectivity index (χ2v) is 7.56. The quantitative estimate of drug-likeness (QED) is 0.735. The molecule has 0 aromatic rings. The number of rotatable bonds is 6. The molecule has 1 saturated heterocycles. The van der Waals surface area contributed by atoms with Crippen molar-refractivity contribution in [3.8, 4) is 0 Å². The Kier molecular flexibility index (Phi) is 4.70. The average molecular weight is 313 g/mol. The van der Waals surface area contributed by atoms with Crippen molar-refractivity contribution in [2.24, 2.45) is 5.41 Å². The third-order valence-electron chi connectivity index (χ3n) is 4.64. The lowest BCUT2D eigenvalue weighted by Gasteiger charge is -2.28. The first-order chi connectivity index (χ1) is 10.2. The summed E-state index contributed by atoms with van der Waals surface area (Å²) in [6.07, 6.45) is 4.47. The molecule has 1 aliphatic heterocycles. The molecule has 2 N–H and O–H groups in total. The summed E-state index contributed by atoms with van der Waals surface area (Å²) in [7, 11) is 0. The molecule has 0 aromatic carbocycles. The van der Waals surface area contributed by atoms with Crippen LogP contribution >= 0.6 is 0 Å². The van der Waals surface area contributed by atoms with Gasteiger partial charge in [0.25, 0.3) is 0 Å². The van der Waals surface area contributed by atoms with Gasteiger partial charge in [0, 0.05) is 12.6 Å². The Morgan fingerprint density at radius 1 is 1.23 bits per heavy atom. The molecule has 0 bridgehead atoms. The first-order valence-electron chi connectivity index (χ1n) is 8.05. The van der Waals surface area contributed by atoms with Crippen LogP contribution in [0.2, 0.25) is 0 Å². The number of amides is 1. The highest BCUT2D eigenvalue weighted by molar-refractivity contribution is 5.82. The van der Waals surface area contributed by atoms with Crippen molar-refractivity contribution < 1.29 is 24.5 Å². The Morgan fingerprint density at radius 2 is 1.91 bits per heavy atom. The molecule has 1 aliphatic carbocycles. The smallest absolute Gasteiger partial charge is 0.411 e. The number of carbonyl (C=O) groups is 2. The lowest BCUT2D eigenvalue weighted by atomic mass is 9.93. The third-order valence-corrected chi connectivity index (χ3v) is 4.64. The number of hydrogen-bond donors (Lipinski definition) is 2. The van der Waals surface area contributed by atoms with Crippen molar-refractivity contribution in [3.05, 3.63) is 0 Å². The van der Waals surface area contributed by atoms with E-state index in [0.717, 1.165) is 32.1 Å². The van der Waals surface area contributed by atoms with Gasteiger partial charge in [-0.05, 0) is 51.9 Å². The number of carbonyl (C=O) groups excluding carboxylic acids is 1. The van der Waals surface area contributed by atoms with E-state index in [-0.39, 0.29) is 18.1 Å². The fourth-order valence-corrected chi connectivity index (χ4v) is 3.55. The number of likely N-dealkylation sites (tertiary alicyclic amines) is 1. The van der Waals surface area contributed by atoms with Crippen LogP contribution < -0.4 is 0 Å². The summed E-state index contributed by atoms with van der Waals surface area (Å²) >= 11 is 0. The van der Waals surface area contributed by atoms with Gasteiger partial charge >= 0.3 is 12.1 Å². The summed E-state index contributed by atoms with van der Waals surface area (Å²) in [6, 6.07) is -0.774. The molecule has 0 aromatic heterocycles. The van der Waals surface area contributed by atoms with Crippen LogP contribution in [-0.2, 0) is 9.53 Å². The monoisotopic (exact) mass is 313 g/mol. The molecule has 1 saturated carbocycles. The van der Waals surface area contributed by atoms with Crippen molar-refractivity contribution in [2.75, 3.05) is 6.61 Å². The Hall–Kier alpha value is -1.30. The van der Waals surface area contributed by atoms with E-state index < -0.39 is 23.7 Å². The molecule has 126 valence electrons. The normalized spacial score (nSPS) is 30.1. The van der Waals surface area contributed by atoms with Gasteiger partial charge in [-0.2, -0.15) is 0 Å². The molecule has 1 amide bonds. The number of aliphatic hydroxyl groups is 1. The Labute approximate surface area is 131 Å². The minimum atomic E-state index is -0.951. The zero-order valence-electron chi connectivity index (χ0n) is 13.7. The summed E-state index contributed by atoms with van der Waals surface area (Å²) in [5.41, 5.74) is -0.670. The minimum Gasteiger partial charge on any atom is -0.480 e. The number of aliphatic hydroxyl groups excluding tert-OH is 1. The van der Waals surface area contributed by atoms with Crippen LogP contribution in [0.4, 0.5) is 4.79 Å². The molecule has 1 unspecified atom stereocenters. The van der Waals surface area contributed by atoms with Crippen LogP contribution in [0.5, 0.6) is 0 Å². The largest absolute Gasteiger partial charge is 0.480 e. The summed E-state index contributed by atoms with van der Waals surface area (Å²) in [5.74, 6) is -0.951. The molecule has 6 heteroatoms. The molecule has 2 rings (SSSR count). The van der Waals surface area contributed by atoms with Crippen LogP contribution in [0.25, 0.3) is 0 Å². The first-order valence-corrected chi connectivity index (χ1v) is 8.05.